The molecule has 0 aliphatic carbocycles. The van der Waals surface area contributed by atoms with E-state index in [0.29, 0.717) is 69.6 Å². The summed E-state index contributed by atoms with van der Waals surface area (Å²) in [5, 5.41) is 2.51. The molecule has 0 unspecified atom stereocenters. The fourth-order valence-electron chi connectivity index (χ4n) is 5.31. The third-order valence-corrected chi connectivity index (χ3v) is 8.45. The van der Waals surface area contributed by atoms with Gasteiger partial charge in [0.2, 0.25) is 0 Å². The third kappa shape index (κ3) is 6.61. The topological polar surface area (TPSA) is 77.3 Å². The molecule has 0 N–H and O–H groups in total. The standard InChI is InChI=1S/C33H33ClF2N4O3S/c1-5-43-29-11-9-22(34)14-28(29)40-27(13-19(2)3)23(32(41)39-12-6-7-20(4)17-39)15-24(33(40)42)31-38-26(18-44-31)21-8-10-25(30(35)36)37-16-21/h8-11,13-16,18,20,30H,5-7,12,17H2,1-4H3/t20-/m0/s1. The Bertz CT molecular complexity index is 1760. The van der Waals surface area contributed by atoms with Crippen molar-refractivity contribution in [3.63, 3.8) is 0 Å². The number of rotatable bonds is 8. The van der Waals surface area contributed by atoms with Crippen molar-refractivity contribution < 1.29 is 18.3 Å². The van der Waals surface area contributed by atoms with Gasteiger partial charge in [-0.25, -0.2) is 13.8 Å². The largest absolute Gasteiger partial charge is 0.492 e. The van der Waals surface area contributed by atoms with Crippen LogP contribution in [-0.4, -0.2) is 45.0 Å². The zero-order chi connectivity index (χ0) is 31.5. The van der Waals surface area contributed by atoms with Crippen molar-refractivity contribution in [3.05, 3.63) is 85.9 Å². The van der Waals surface area contributed by atoms with Crippen molar-refractivity contribution in [3.8, 4) is 33.3 Å². The predicted molar refractivity (Wildman–Crippen MR) is 171 cm³/mol. The highest BCUT2D eigenvalue weighted by Gasteiger charge is 2.28. The first-order valence-electron chi connectivity index (χ1n) is 14.4. The van der Waals surface area contributed by atoms with Crippen molar-refractivity contribution in [1.82, 2.24) is 19.4 Å². The van der Waals surface area contributed by atoms with Crippen molar-refractivity contribution in [2.45, 2.75) is 47.0 Å². The van der Waals surface area contributed by atoms with Crippen LogP contribution in [-0.2, 0) is 0 Å². The van der Waals surface area contributed by atoms with Gasteiger partial charge in [-0.15, -0.1) is 11.3 Å². The SMILES string of the molecule is CCOc1ccc(Cl)cc1-n1c(C=C(C)C)c(C(=O)N2CCC[C@H](C)C2)cc(-c2nc(-c3ccc(C(F)F)nc3)cs2)c1=O. The average Bonchev–Trinajstić information content (AvgIpc) is 3.48. The molecule has 0 spiro atoms. The summed E-state index contributed by atoms with van der Waals surface area (Å²) in [6, 6.07) is 9.45. The number of halogens is 3. The van der Waals surface area contributed by atoms with Gasteiger partial charge in [0.1, 0.15) is 16.5 Å². The van der Waals surface area contributed by atoms with Gasteiger partial charge in [-0.05, 0) is 82.0 Å². The number of piperidine rings is 1. The fraction of sp³-hybridized carbons (Fsp3) is 0.333. The van der Waals surface area contributed by atoms with E-state index in [0.717, 1.165) is 18.4 Å². The first-order valence-corrected chi connectivity index (χ1v) is 15.7. The number of pyridine rings is 2. The molecule has 1 aliphatic rings. The molecular formula is C33H33ClF2N4O3S. The Morgan fingerprint density at radius 1 is 1.23 bits per heavy atom. The van der Waals surface area contributed by atoms with E-state index in [-0.39, 0.29) is 17.2 Å². The zero-order valence-corrected chi connectivity index (χ0v) is 26.5. The maximum Gasteiger partial charge on any atom is 0.280 e. The molecule has 1 atom stereocenters. The molecule has 44 heavy (non-hydrogen) atoms. The number of hydrogen-bond acceptors (Lipinski definition) is 6. The van der Waals surface area contributed by atoms with Crippen LogP contribution in [0.15, 0.2) is 58.3 Å². The number of amides is 1. The molecule has 1 fully saturated rings. The van der Waals surface area contributed by atoms with Crippen LogP contribution in [0.5, 0.6) is 5.75 Å². The number of nitrogens with zero attached hydrogens (tertiary/aromatic N) is 4. The first kappa shape index (κ1) is 31.5. The second kappa shape index (κ2) is 13.4. The van der Waals surface area contributed by atoms with Crippen LogP contribution >= 0.6 is 22.9 Å². The summed E-state index contributed by atoms with van der Waals surface area (Å²) in [5.41, 5.74) is 2.58. The van der Waals surface area contributed by atoms with E-state index in [2.05, 4.69) is 11.9 Å². The lowest BCUT2D eigenvalue weighted by molar-refractivity contribution is 0.0682. The number of hydrogen-bond donors (Lipinski definition) is 0. The van der Waals surface area contributed by atoms with E-state index < -0.39 is 12.0 Å². The summed E-state index contributed by atoms with van der Waals surface area (Å²) in [4.78, 5) is 39.1. The molecule has 0 bridgehead atoms. The summed E-state index contributed by atoms with van der Waals surface area (Å²) in [5.74, 6) is 0.617. The number of carbonyl (C=O) groups is 1. The van der Waals surface area contributed by atoms with Crippen molar-refractivity contribution in [2.75, 3.05) is 19.7 Å². The van der Waals surface area contributed by atoms with E-state index in [1.165, 1.54) is 34.2 Å². The highest BCUT2D eigenvalue weighted by molar-refractivity contribution is 7.13. The number of ether oxygens (including phenoxy) is 1. The van der Waals surface area contributed by atoms with Crippen LogP contribution in [0.1, 0.15) is 68.7 Å². The van der Waals surface area contributed by atoms with Crippen LogP contribution in [0, 0.1) is 5.92 Å². The Morgan fingerprint density at radius 2 is 2.02 bits per heavy atom. The number of aromatic nitrogens is 3. The van der Waals surface area contributed by atoms with Gasteiger partial charge in [-0.2, -0.15) is 0 Å². The minimum Gasteiger partial charge on any atom is -0.492 e. The molecule has 230 valence electrons. The highest BCUT2D eigenvalue weighted by atomic mass is 35.5. The third-order valence-electron chi connectivity index (χ3n) is 7.34. The molecule has 1 aliphatic heterocycles. The first-order chi connectivity index (χ1) is 21.1. The lowest BCUT2D eigenvalue weighted by atomic mass is 9.98. The van der Waals surface area contributed by atoms with E-state index >= 15 is 0 Å². The van der Waals surface area contributed by atoms with Crippen LogP contribution in [0.3, 0.4) is 0 Å². The molecule has 0 saturated carbocycles. The Labute approximate surface area is 263 Å². The van der Waals surface area contributed by atoms with Gasteiger partial charge in [-0.3, -0.25) is 19.1 Å². The number of thiazole rings is 1. The van der Waals surface area contributed by atoms with E-state index in [1.807, 2.05) is 31.7 Å². The Hall–Kier alpha value is -3.89. The maximum atomic E-state index is 14.5. The van der Waals surface area contributed by atoms with Gasteiger partial charge in [0.25, 0.3) is 17.9 Å². The van der Waals surface area contributed by atoms with Crippen LogP contribution in [0.2, 0.25) is 5.02 Å². The normalized spacial score (nSPS) is 15.0. The molecule has 5 rings (SSSR count). The lowest BCUT2D eigenvalue weighted by Gasteiger charge is -2.32. The molecular weight excluding hydrogens is 606 g/mol. The second-order valence-corrected chi connectivity index (χ2v) is 12.4. The monoisotopic (exact) mass is 638 g/mol. The maximum absolute atomic E-state index is 14.5. The molecule has 1 amide bonds. The Kier molecular flexibility index (Phi) is 9.60. The summed E-state index contributed by atoms with van der Waals surface area (Å²) in [7, 11) is 0. The van der Waals surface area contributed by atoms with E-state index in [9.17, 15) is 18.4 Å². The molecule has 1 saturated heterocycles. The van der Waals surface area contributed by atoms with Gasteiger partial charge < -0.3 is 9.64 Å². The van der Waals surface area contributed by atoms with Crippen molar-refractivity contribution in [2.24, 2.45) is 5.92 Å². The van der Waals surface area contributed by atoms with Gasteiger partial charge in [0, 0.05) is 35.3 Å². The molecule has 3 aromatic heterocycles. The number of allylic oxidation sites excluding steroid dienone is 1. The van der Waals surface area contributed by atoms with Gasteiger partial charge in [0.05, 0.1) is 34.8 Å². The molecule has 4 aromatic rings. The van der Waals surface area contributed by atoms with Gasteiger partial charge >= 0.3 is 0 Å². The van der Waals surface area contributed by atoms with E-state index in [4.69, 9.17) is 21.3 Å². The van der Waals surface area contributed by atoms with Crippen molar-refractivity contribution >= 4 is 34.9 Å². The van der Waals surface area contributed by atoms with Crippen LogP contribution < -0.4 is 10.3 Å². The lowest BCUT2D eigenvalue weighted by Crippen LogP contribution is -2.40. The summed E-state index contributed by atoms with van der Waals surface area (Å²) in [6.45, 7) is 9.38. The zero-order valence-electron chi connectivity index (χ0n) is 24.9. The molecule has 4 heterocycles. The molecule has 0 radical (unpaired) electrons. The minimum atomic E-state index is -2.68. The summed E-state index contributed by atoms with van der Waals surface area (Å²) >= 11 is 7.67. The van der Waals surface area contributed by atoms with Gasteiger partial charge in [-0.1, -0.05) is 24.1 Å². The second-order valence-electron chi connectivity index (χ2n) is 11.1. The molecule has 7 nitrogen and oxygen atoms in total. The number of likely N-dealkylation sites (tertiary alicyclic amines) is 1. The smallest absolute Gasteiger partial charge is 0.280 e. The van der Waals surface area contributed by atoms with Crippen LogP contribution in [0.25, 0.3) is 33.6 Å². The number of benzene rings is 1. The predicted octanol–water partition coefficient (Wildman–Crippen LogP) is 8.31. The van der Waals surface area contributed by atoms with E-state index in [1.54, 1.807) is 29.6 Å². The Morgan fingerprint density at radius 3 is 2.68 bits per heavy atom. The minimum absolute atomic E-state index is 0.178. The Balaban J connectivity index is 1.76. The highest BCUT2D eigenvalue weighted by Crippen LogP contribution is 2.33. The van der Waals surface area contributed by atoms with Crippen LogP contribution in [0.4, 0.5) is 8.78 Å². The molecule has 1 aromatic carbocycles. The van der Waals surface area contributed by atoms with Gasteiger partial charge in [0.15, 0.2) is 0 Å². The fourth-order valence-corrected chi connectivity index (χ4v) is 6.32. The number of carbonyl (C=O) groups excluding carboxylic acids is 1. The van der Waals surface area contributed by atoms with Crippen molar-refractivity contribution in [1.29, 1.82) is 0 Å². The quantitative estimate of drug-likeness (QED) is 0.194. The molecule has 11 heteroatoms. The number of alkyl halides is 2. The summed E-state index contributed by atoms with van der Waals surface area (Å²) < 4.78 is 33.5. The summed E-state index contributed by atoms with van der Waals surface area (Å²) in [6.07, 6.45) is 2.42. The average molecular weight is 639 g/mol.